The Balaban J connectivity index is 4.70. The maximum Gasteiger partial charge on any atom is 0.222 e. The molecule has 0 saturated heterocycles. The summed E-state index contributed by atoms with van der Waals surface area (Å²) in [6.07, 6.45) is 63.0. The van der Waals surface area contributed by atoms with Crippen LogP contribution in [-0.4, -0.2) is 48.9 Å². The largest absolute Gasteiger partial charge is 0.340 e. The summed E-state index contributed by atoms with van der Waals surface area (Å²) in [5.41, 5.74) is 0. The molecule has 1 amide bonds. The van der Waals surface area contributed by atoms with Gasteiger partial charge in [-0.2, -0.15) is 0 Å². The first-order valence-corrected chi connectivity index (χ1v) is 24.6. The van der Waals surface area contributed by atoms with Crippen molar-refractivity contribution in [3.63, 3.8) is 0 Å². The zero-order chi connectivity index (χ0) is 40.1. The van der Waals surface area contributed by atoms with Crippen LogP contribution in [0.25, 0.3) is 0 Å². The highest BCUT2D eigenvalue weighted by Crippen LogP contribution is 2.22. The van der Waals surface area contributed by atoms with Gasteiger partial charge in [-0.1, -0.05) is 198 Å². The van der Waals surface area contributed by atoms with Gasteiger partial charge in [0.15, 0.2) is 0 Å². The number of amides is 1. The van der Waals surface area contributed by atoms with Crippen molar-refractivity contribution in [3.8, 4) is 0 Å². The van der Waals surface area contributed by atoms with Crippen molar-refractivity contribution in [2.75, 3.05) is 27.2 Å². The van der Waals surface area contributed by atoms with Crippen LogP contribution in [0.2, 0.25) is 0 Å². The van der Waals surface area contributed by atoms with E-state index in [0.717, 1.165) is 45.2 Å². The highest BCUT2D eigenvalue weighted by atomic mass is 16.2. The minimum absolute atomic E-state index is 0.429. The van der Waals surface area contributed by atoms with E-state index in [1.54, 1.807) is 0 Å². The van der Waals surface area contributed by atoms with E-state index in [1.165, 1.54) is 193 Å². The monoisotopic (exact) mass is 767 g/mol. The third kappa shape index (κ3) is 40.4. The number of carbonyl (C=O) groups excluding carboxylic acids is 1. The maximum absolute atomic E-state index is 13.8. The molecule has 0 aliphatic rings. The number of hydrogen-bond donors (Lipinski definition) is 0. The average molecular weight is 767 g/mol. The Labute approximate surface area is 346 Å². The molecule has 1 unspecified atom stereocenters. The molecule has 55 heavy (non-hydrogen) atoms. The van der Waals surface area contributed by atoms with Crippen molar-refractivity contribution in [2.45, 2.75) is 252 Å². The molecule has 0 heterocycles. The Morgan fingerprint density at radius 3 is 1.16 bits per heavy atom. The van der Waals surface area contributed by atoms with E-state index in [1.807, 2.05) is 0 Å². The third-order valence-corrected chi connectivity index (χ3v) is 11.2. The van der Waals surface area contributed by atoms with Gasteiger partial charge in [0.25, 0.3) is 0 Å². The summed E-state index contributed by atoms with van der Waals surface area (Å²) in [7, 11) is 4.32. The molecule has 322 valence electrons. The van der Waals surface area contributed by atoms with E-state index in [2.05, 4.69) is 93.3 Å². The minimum Gasteiger partial charge on any atom is -0.340 e. The molecule has 0 aliphatic heterocycles. The second kappa shape index (κ2) is 45.1. The fourth-order valence-electron chi connectivity index (χ4n) is 7.64. The van der Waals surface area contributed by atoms with Crippen molar-refractivity contribution in [2.24, 2.45) is 0 Å². The molecule has 1 atom stereocenters. The third-order valence-electron chi connectivity index (χ3n) is 11.2. The molecule has 3 nitrogen and oxygen atoms in total. The zero-order valence-electron chi connectivity index (χ0n) is 38.2. The van der Waals surface area contributed by atoms with Gasteiger partial charge in [-0.3, -0.25) is 4.79 Å². The van der Waals surface area contributed by atoms with Crippen LogP contribution in [0.1, 0.15) is 245 Å². The average Bonchev–Trinajstić information content (AvgIpc) is 3.18. The molecule has 3 heteroatoms. The van der Waals surface area contributed by atoms with Crippen LogP contribution in [0.4, 0.5) is 0 Å². The highest BCUT2D eigenvalue weighted by Gasteiger charge is 2.22. The van der Waals surface area contributed by atoms with Crippen molar-refractivity contribution >= 4 is 5.91 Å². The fourth-order valence-corrected chi connectivity index (χ4v) is 7.64. The van der Waals surface area contributed by atoms with Crippen LogP contribution >= 0.6 is 0 Å². The first-order valence-electron chi connectivity index (χ1n) is 24.6. The van der Waals surface area contributed by atoms with E-state index in [4.69, 9.17) is 0 Å². The molecule has 0 aromatic carbocycles. The summed E-state index contributed by atoms with van der Waals surface area (Å²) < 4.78 is 0. The predicted molar refractivity (Wildman–Crippen MR) is 249 cm³/mol. The summed E-state index contributed by atoms with van der Waals surface area (Å²) >= 11 is 0. The SMILES string of the molecule is CCCCC/C=C\C/C=C\CCCCCCCCCC(CCCCCCCC/C=C\C/C=C\CCCCC)N(CCCN(C)C)C(=O)CCCCCCCC. The number of unbranched alkanes of at least 4 members (excludes halogenated alkanes) is 24. The van der Waals surface area contributed by atoms with Gasteiger partial charge < -0.3 is 9.80 Å². The fraction of sp³-hybridized carbons (Fsp3) is 0.827. The first-order chi connectivity index (χ1) is 27.1. The molecule has 0 bridgehead atoms. The first kappa shape index (κ1) is 53.4. The lowest BCUT2D eigenvalue weighted by atomic mass is 9.97. The van der Waals surface area contributed by atoms with Crippen molar-refractivity contribution in [3.05, 3.63) is 48.6 Å². The van der Waals surface area contributed by atoms with Crippen LogP contribution in [-0.2, 0) is 4.79 Å². The van der Waals surface area contributed by atoms with Crippen LogP contribution in [0.3, 0.4) is 0 Å². The van der Waals surface area contributed by atoms with E-state index in [-0.39, 0.29) is 0 Å². The van der Waals surface area contributed by atoms with Crippen LogP contribution in [0, 0.1) is 0 Å². The van der Waals surface area contributed by atoms with Gasteiger partial charge >= 0.3 is 0 Å². The summed E-state index contributed by atoms with van der Waals surface area (Å²) in [6, 6.07) is 0.429. The second-order valence-electron chi connectivity index (χ2n) is 17.0. The van der Waals surface area contributed by atoms with E-state index in [9.17, 15) is 4.79 Å². The molecule has 0 radical (unpaired) electrons. The van der Waals surface area contributed by atoms with Crippen LogP contribution in [0.15, 0.2) is 48.6 Å². The number of rotatable bonds is 43. The van der Waals surface area contributed by atoms with Gasteiger partial charge in [0.05, 0.1) is 0 Å². The second-order valence-corrected chi connectivity index (χ2v) is 17.0. The van der Waals surface area contributed by atoms with Gasteiger partial charge in [0.1, 0.15) is 0 Å². The molecule has 0 aromatic heterocycles. The van der Waals surface area contributed by atoms with Crippen molar-refractivity contribution < 1.29 is 4.79 Å². The lowest BCUT2D eigenvalue weighted by Crippen LogP contribution is -2.41. The van der Waals surface area contributed by atoms with Crippen LogP contribution < -0.4 is 0 Å². The Bertz CT molecular complexity index is 886. The molecule has 0 aromatic rings. The Morgan fingerprint density at radius 2 is 0.745 bits per heavy atom. The van der Waals surface area contributed by atoms with Gasteiger partial charge in [-0.15, -0.1) is 0 Å². The van der Waals surface area contributed by atoms with Crippen LogP contribution in [0.5, 0.6) is 0 Å². The molecular weight excluding hydrogens is 669 g/mol. The number of carbonyl (C=O) groups is 1. The maximum atomic E-state index is 13.8. The summed E-state index contributed by atoms with van der Waals surface area (Å²) in [6.45, 7) is 8.82. The molecule has 0 fully saturated rings. The molecule has 0 saturated carbocycles. The van der Waals surface area contributed by atoms with Gasteiger partial charge in [0.2, 0.25) is 5.91 Å². The van der Waals surface area contributed by atoms with Gasteiger partial charge in [-0.25, -0.2) is 0 Å². The van der Waals surface area contributed by atoms with E-state index >= 15 is 0 Å². The highest BCUT2D eigenvalue weighted by molar-refractivity contribution is 5.76. The number of nitrogens with zero attached hydrogens (tertiary/aromatic N) is 2. The molecule has 0 aliphatic carbocycles. The van der Waals surface area contributed by atoms with E-state index in [0.29, 0.717) is 11.9 Å². The van der Waals surface area contributed by atoms with Gasteiger partial charge in [0, 0.05) is 19.0 Å². The standard InChI is InChI=1S/C52H98N2O/c1-6-9-12-15-18-20-22-24-26-28-30-32-34-36-38-40-43-47-51(54(50-45-49-53(4)5)52(55)48-44-41-17-14-11-8-3)46-42-39-37-35-33-31-29-27-25-23-21-19-16-13-10-7-2/h18-21,24-27,51H,6-17,22-23,28-50H2,1-5H3/b20-18-,21-19-,26-24-,27-25-. The van der Waals surface area contributed by atoms with Gasteiger partial charge in [-0.05, 0) is 111 Å². The summed E-state index contributed by atoms with van der Waals surface area (Å²) in [4.78, 5) is 18.4. The Morgan fingerprint density at radius 1 is 0.400 bits per heavy atom. The Hall–Kier alpha value is -1.61. The molecular formula is C52H98N2O. The lowest BCUT2D eigenvalue weighted by molar-refractivity contribution is -0.134. The summed E-state index contributed by atoms with van der Waals surface area (Å²) in [5, 5.41) is 0. The van der Waals surface area contributed by atoms with E-state index < -0.39 is 0 Å². The smallest absolute Gasteiger partial charge is 0.222 e. The van der Waals surface area contributed by atoms with Crippen molar-refractivity contribution in [1.29, 1.82) is 0 Å². The molecule has 0 rings (SSSR count). The topological polar surface area (TPSA) is 23.6 Å². The quantitative estimate of drug-likeness (QED) is 0.0456. The molecule has 0 N–H and O–H groups in total. The normalized spacial score (nSPS) is 12.8. The van der Waals surface area contributed by atoms with Crippen molar-refractivity contribution in [1.82, 2.24) is 9.80 Å². The Kier molecular flexibility index (Phi) is 43.8. The number of hydrogen-bond acceptors (Lipinski definition) is 2. The lowest BCUT2D eigenvalue weighted by Gasteiger charge is -2.33. The zero-order valence-corrected chi connectivity index (χ0v) is 38.2. The minimum atomic E-state index is 0.429. The number of allylic oxidation sites excluding steroid dienone is 8. The predicted octanol–water partition coefficient (Wildman–Crippen LogP) is 16.7. The molecule has 0 spiro atoms. The summed E-state index contributed by atoms with van der Waals surface area (Å²) in [5.74, 6) is 0.441.